The lowest BCUT2D eigenvalue weighted by Gasteiger charge is -2.29. The summed E-state index contributed by atoms with van der Waals surface area (Å²) in [6.45, 7) is 0. The maximum absolute atomic E-state index is 13.5. The molecule has 0 aliphatic heterocycles. The number of carbonyl (C=O) groups is 5. The lowest BCUT2D eigenvalue weighted by molar-refractivity contribution is -0.145. The molecule has 0 heterocycles. The molecular weight excluding hydrogens is 885 g/mol. The van der Waals surface area contributed by atoms with E-state index >= 15 is 0 Å². The molecule has 2 aliphatic carbocycles. The van der Waals surface area contributed by atoms with Gasteiger partial charge in [-0.3, -0.25) is 9.59 Å². The quantitative estimate of drug-likeness (QED) is 0.0522. The second-order valence-corrected chi connectivity index (χ2v) is 16.6. The third-order valence-corrected chi connectivity index (χ3v) is 12.1. The van der Waals surface area contributed by atoms with Crippen LogP contribution >= 0.6 is 0 Å². The van der Waals surface area contributed by atoms with Crippen molar-refractivity contribution in [3.05, 3.63) is 113 Å². The number of carbonyl (C=O) groups excluding carboxylic acids is 5. The van der Waals surface area contributed by atoms with Crippen molar-refractivity contribution in [2.24, 2.45) is 11.8 Å². The van der Waals surface area contributed by atoms with Gasteiger partial charge >= 0.3 is 30.3 Å². The van der Waals surface area contributed by atoms with Crippen molar-refractivity contribution in [1.82, 2.24) is 10.6 Å². The Bertz CT molecular complexity index is 2580. The van der Waals surface area contributed by atoms with Crippen molar-refractivity contribution in [2.75, 3.05) is 30.6 Å². The predicted molar refractivity (Wildman–Crippen MR) is 241 cm³/mol. The second kappa shape index (κ2) is 21.6. The summed E-state index contributed by atoms with van der Waals surface area (Å²) in [6.07, 6.45) is -0.884. The zero-order chi connectivity index (χ0) is 48.5. The van der Waals surface area contributed by atoms with Crippen LogP contribution < -0.4 is 27.0 Å². The molecule has 2 atom stereocenters. The molecule has 0 aromatic heterocycles. The van der Waals surface area contributed by atoms with Crippen LogP contribution in [0.5, 0.6) is 0 Å². The molecule has 2 aliphatic rings. The number of benzene rings is 5. The standard InChI is InChI=1S/C29H27F6N3O4.C20H24N2O3/c1-42-26(40)24(16-7-3-2-4-8-16)38-25(39)22-11-17-9-5-6-10-18(17)12-23(22)37-27(41)36-21-14-19(28(30,31)32)13-20(15-21)29(33,34)35;1-25-20(24)18(13-7-3-2-4-8-13)22-19(23)16-11-14-9-5-6-10-15(14)12-17(16)21/h5-6,9-16,24H,2-4,7-8H2,1H3,(H,38,39)(H2,36,37,41);5-6,9-13,18H,2-4,7-8,21H2,1H3,(H,22,23)/t24-;18-/m00/s1. The summed E-state index contributed by atoms with van der Waals surface area (Å²) in [6, 6.07) is 18.9. The first kappa shape index (κ1) is 49.6. The monoisotopic (exact) mass is 935 g/mol. The highest BCUT2D eigenvalue weighted by atomic mass is 19.4. The maximum Gasteiger partial charge on any atom is 0.416 e. The number of rotatable bonds is 10. The van der Waals surface area contributed by atoms with E-state index in [-0.39, 0.29) is 41.0 Å². The van der Waals surface area contributed by atoms with Gasteiger partial charge in [0.05, 0.1) is 42.2 Å². The highest BCUT2D eigenvalue weighted by Gasteiger charge is 2.38. The van der Waals surface area contributed by atoms with Gasteiger partial charge in [-0.25, -0.2) is 14.4 Å². The molecule has 0 radical (unpaired) electrons. The minimum Gasteiger partial charge on any atom is -0.467 e. The number of urea groups is 1. The van der Waals surface area contributed by atoms with Crippen molar-refractivity contribution >= 4 is 68.4 Å². The number of alkyl halides is 6. The number of hydrogen-bond acceptors (Lipinski definition) is 8. The Labute approximate surface area is 382 Å². The predicted octanol–water partition coefficient (Wildman–Crippen LogP) is 10.6. The van der Waals surface area contributed by atoms with Crippen LogP contribution in [0, 0.1) is 11.8 Å². The third-order valence-electron chi connectivity index (χ3n) is 12.1. The molecular formula is C49H51F6N5O7. The zero-order valence-corrected chi connectivity index (χ0v) is 36.7. The van der Waals surface area contributed by atoms with E-state index in [9.17, 15) is 50.3 Å². The number of ether oxygens (including phenoxy) is 2. The second-order valence-electron chi connectivity index (χ2n) is 16.6. The van der Waals surface area contributed by atoms with Gasteiger partial charge in [0, 0.05) is 11.4 Å². The molecule has 12 nitrogen and oxygen atoms in total. The van der Waals surface area contributed by atoms with Gasteiger partial charge in [-0.2, -0.15) is 26.3 Å². The minimum atomic E-state index is -5.10. The number of nitrogens with one attached hydrogen (secondary N) is 4. The Morgan fingerprint density at radius 3 is 1.39 bits per heavy atom. The number of hydrogen-bond donors (Lipinski definition) is 5. The van der Waals surface area contributed by atoms with E-state index in [2.05, 4.69) is 16.0 Å². The fraction of sp³-hybridized carbons (Fsp3) is 0.367. The Kier molecular flexibility index (Phi) is 16.0. The fourth-order valence-electron chi connectivity index (χ4n) is 8.66. The van der Waals surface area contributed by atoms with Crippen LogP contribution in [0.2, 0.25) is 0 Å². The van der Waals surface area contributed by atoms with Gasteiger partial charge in [0.2, 0.25) is 0 Å². The van der Waals surface area contributed by atoms with Crippen LogP contribution in [0.15, 0.2) is 91.0 Å². The Morgan fingerprint density at radius 1 is 0.552 bits per heavy atom. The Balaban J connectivity index is 0.000000251. The molecule has 5 aromatic carbocycles. The Hall–Kier alpha value is -6.85. The zero-order valence-electron chi connectivity index (χ0n) is 36.7. The molecule has 4 amide bonds. The molecule has 2 fully saturated rings. The van der Waals surface area contributed by atoms with Gasteiger partial charge in [0.1, 0.15) is 12.1 Å². The molecule has 0 spiro atoms. The number of methoxy groups -OCH3 is 2. The van der Waals surface area contributed by atoms with E-state index in [1.165, 1.54) is 32.8 Å². The SMILES string of the molecule is COC(=O)[C@@H](NC(=O)c1cc2ccccc2cc1N)C1CCCCC1.COC(=O)[C@@H](NC(=O)c1cc2ccccc2cc1NC(=O)Nc1cc(C(F)(F)F)cc(C(F)(F)F)c1)C1CCCCC1. The van der Waals surface area contributed by atoms with Gasteiger partial charge in [-0.15, -0.1) is 0 Å². The lowest BCUT2D eigenvalue weighted by Crippen LogP contribution is -2.47. The molecule has 0 saturated heterocycles. The topological polar surface area (TPSA) is 178 Å². The maximum atomic E-state index is 13.5. The molecule has 7 rings (SSSR count). The first-order chi connectivity index (χ1) is 31.9. The van der Waals surface area contributed by atoms with Crippen molar-refractivity contribution in [3.63, 3.8) is 0 Å². The first-order valence-electron chi connectivity index (χ1n) is 21.8. The van der Waals surface area contributed by atoms with E-state index in [0.717, 1.165) is 55.7 Å². The summed E-state index contributed by atoms with van der Waals surface area (Å²) < 4.78 is 89.4. The summed E-state index contributed by atoms with van der Waals surface area (Å²) in [7, 11) is 2.56. The van der Waals surface area contributed by atoms with Crippen LogP contribution in [0.1, 0.15) is 96.1 Å². The molecule has 0 bridgehead atoms. The molecule has 67 heavy (non-hydrogen) atoms. The molecule has 2 saturated carbocycles. The fourth-order valence-corrected chi connectivity index (χ4v) is 8.66. The van der Waals surface area contributed by atoms with Gasteiger partial charge in [0.15, 0.2) is 0 Å². The highest BCUT2D eigenvalue weighted by Crippen LogP contribution is 2.38. The summed E-state index contributed by atoms with van der Waals surface area (Å²) >= 11 is 0. The molecule has 0 unspecified atom stereocenters. The first-order valence-corrected chi connectivity index (χ1v) is 21.8. The number of nitrogens with two attached hydrogens (primary N) is 1. The number of halogens is 6. The average Bonchev–Trinajstić information content (AvgIpc) is 3.31. The summed E-state index contributed by atoms with van der Waals surface area (Å²) in [5, 5.41) is 13.0. The number of anilines is 3. The van der Waals surface area contributed by atoms with Gasteiger partial charge in [-0.05, 0) is 102 Å². The minimum absolute atomic E-state index is 0.0566. The van der Waals surface area contributed by atoms with Crippen molar-refractivity contribution in [2.45, 2.75) is 88.6 Å². The van der Waals surface area contributed by atoms with Crippen LogP contribution in [0.3, 0.4) is 0 Å². The molecule has 356 valence electrons. The van der Waals surface area contributed by atoms with Crippen LogP contribution in [-0.2, 0) is 31.4 Å². The number of nitrogen functional groups attached to an aromatic ring is 1. The van der Waals surface area contributed by atoms with E-state index in [1.54, 1.807) is 36.4 Å². The lowest BCUT2D eigenvalue weighted by atomic mass is 9.83. The molecule has 18 heteroatoms. The Morgan fingerprint density at radius 2 is 0.955 bits per heavy atom. The highest BCUT2D eigenvalue weighted by molar-refractivity contribution is 6.10. The largest absolute Gasteiger partial charge is 0.467 e. The smallest absolute Gasteiger partial charge is 0.416 e. The van der Waals surface area contributed by atoms with Gasteiger partial charge in [0.25, 0.3) is 11.8 Å². The van der Waals surface area contributed by atoms with E-state index in [4.69, 9.17) is 15.2 Å². The van der Waals surface area contributed by atoms with Gasteiger partial charge in [-0.1, -0.05) is 87.1 Å². The molecule has 5 aromatic rings. The normalized spacial score (nSPS) is 15.6. The van der Waals surface area contributed by atoms with Crippen LogP contribution in [0.25, 0.3) is 21.5 Å². The van der Waals surface area contributed by atoms with E-state index < -0.39 is 59.2 Å². The summed E-state index contributed by atoms with van der Waals surface area (Å²) in [5.74, 6) is -2.13. The van der Waals surface area contributed by atoms with Gasteiger partial charge < -0.3 is 36.5 Å². The van der Waals surface area contributed by atoms with Crippen molar-refractivity contribution in [3.8, 4) is 0 Å². The van der Waals surface area contributed by atoms with Crippen molar-refractivity contribution in [1.29, 1.82) is 0 Å². The summed E-state index contributed by atoms with van der Waals surface area (Å²) in [4.78, 5) is 63.9. The number of fused-ring (bicyclic) bond motifs is 2. The number of esters is 2. The number of amides is 4. The van der Waals surface area contributed by atoms with Crippen molar-refractivity contribution < 1.29 is 59.8 Å². The summed E-state index contributed by atoms with van der Waals surface area (Å²) in [5.41, 5.74) is 2.75. The average molecular weight is 936 g/mol. The van der Waals surface area contributed by atoms with E-state index in [1.807, 2.05) is 29.6 Å². The molecule has 6 N–H and O–H groups in total. The third kappa shape index (κ3) is 12.7. The van der Waals surface area contributed by atoms with E-state index in [0.29, 0.717) is 47.0 Å². The van der Waals surface area contributed by atoms with Crippen LogP contribution in [-0.4, -0.2) is 56.1 Å². The van der Waals surface area contributed by atoms with Crippen LogP contribution in [0.4, 0.5) is 48.2 Å².